The van der Waals surface area contributed by atoms with Crippen LogP contribution in [0.1, 0.15) is 50.3 Å². The molecule has 0 amide bonds. The number of ketones is 1. The van der Waals surface area contributed by atoms with E-state index in [2.05, 4.69) is 5.10 Å². The van der Waals surface area contributed by atoms with Gasteiger partial charge in [0.25, 0.3) is 0 Å². The monoisotopic (exact) mass is 236 g/mol. The molecule has 94 valence electrons. The van der Waals surface area contributed by atoms with Gasteiger partial charge in [-0.15, -0.1) is 0 Å². The number of Topliss-reactive ketones (excluding diaryl/α,β-unsaturated/α-hetero) is 1. The van der Waals surface area contributed by atoms with Crippen LogP contribution in [0.3, 0.4) is 0 Å². The van der Waals surface area contributed by atoms with Gasteiger partial charge in [-0.3, -0.25) is 9.48 Å². The van der Waals surface area contributed by atoms with Gasteiger partial charge < -0.3 is 5.11 Å². The molecule has 1 saturated carbocycles. The molecule has 0 radical (unpaired) electrons. The Balaban J connectivity index is 1.87. The lowest BCUT2D eigenvalue weighted by molar-refractivity contribution is -0.118. The fourth-order valence-corrected chi connectivity index (χ4v) is 2.41. The van der Waals surface area contributed by atoms with Gasteiger partial charge in [-0.25, -0.2) is 0 Å². The minimum atomic E-state index is 0.0856. The minimum absolute atomic E-state index is 0.0856. The number of rotatable bonds is 6. The summed E-state index contributed by atoms with van der Waals surface area (Å²) in [7, 11) is 0. The standard InChI is InChI=1S/C13H20N2O2/c16-9-3-6-13(17)10-11-7-8-15(14-11)12-4-1-2-5-12/h7-8,12,16H,1-6,9-10H2. The van der Waals surface area contributed by atoms with Gasteiger partial charge in [0.2, 0.25) is 0 Å². The van der Waals surface area contributed by atoms with Crippen molar-refractivity contribution in [3.8, 4) is 0 Å². The zero-order valence-corrected chi connectivity index (χ0v) is 10.1. The highest BCUT2D eigenvalue weighted by atomic mass is 16.3. The van der Waals surface area contributed by atoms with Crippen molar-refractivity contribution >= 4 is 5.78 Å². The maximum Gasteiger partial charge on any atom is 0.139 e. The highest BCUT2D eigenvalue weighted by Gasteiger charge is 2.17. The van der Waals surface area contributed by atoms with Gasteiger partial charge in [0, 0.05) is 19.2 Å². The van der Waals surface area contributed by atoms with Crippen molar-refractivity contribution in [3.63, 3.8) is 0 Å². The first-order chi connectivity index (χ1) is 8.29. The number of hydrogen-bond donors (Lipinski definition) is 1. The van der Waals surface area contributed by atoms with Crippen LogP contribution in [0.25, 0.3) is 0 Å². The smallest absolute Gasteiger partial charge is 0.139 e. The van der Waals surface area contributed by atoms with Crippen molar-refractivity contribution in [1.29, 1.82) is 0 Å². The first-order valence-corrected chi connectivity index (χ1v) is 6.46. The molecule has 1 aliphatic rings. The summed E-state index contributed by atoms with van der Waals surface area (Å²) in [5, 5.41) is 13.1. The molecule has 0 aliphatic heterocycles. The van der Waals surface area contributed by atoms with E-state index in [0.717, 1.165) is 5.69 Å². The van der Waals surface area contributed by atoms with Crippen molar-refractivity contribution in [2.45, 2.75) is 51.0 Å². The number of hydrogen-bond acceptors (Lipinski definition) is 3. The third kappa shape index (κ3) is 3.40. The van der Waals surface area contributed by atoms with E-state index in [-0.39, 0.29) is 12.4 Å². The van der Waals surface area contributed by atoms with E-state index in [1.165, 1.54) is 25.7 Å². The Morgan fingerprint density at radius 1 is 1.47 bits per heavy atom. The average molecular weight is 236 g/mol. The van der Waals surface area contributed by atoms with E-state index in [0.29, 0.717) is 25.3 Å². The Hall–Kier alpha value is -1.16. The van der Waals surface area contributed by atoms with Crippen molar-refractivity contribution in [3.05, 3.63) is 18.0 Å². The van der Waals surface area contributed by atoms with E-state index >= 15 is 0 Å². The van der Waals surface area contributed by atoms with Crippen LogP contribution in [0.2, 0.25) is 0 Å². The molecular formula is C13H20N2O2. The second-order valence-corrected chi connectivity index (χ2v) is 4.77. The molecule has 1 heterocycles. The van der Waals surface area contributed by atoms with Crippen LogP contribution in [0.4, 0.5) is 0 Å². The van der Waals surface area contributed by atoms with Crippen LogP contribution in [-0.2, 0) is 11.2 Å². The Kier molecular flexibility index (Phi) is 4.31. The van der Waals surface area contributed by atoms with E-state index in [1.807, 2.05) is 16.9 Å². The average Bonchev–Trinajstić information content (AvgIpc) is 2.95. The van der Waals surface area contributed by atoms with Gasteiger partial charge in [0.15, 0.2) is 0 Å². The lowest BCUT2D eigenvalue weighted by Gasteiger charge is -2.08. The van der Waals surface area contributed by atoms with Crippen LogP contribution >= 0.6 is 0 Å². The first-order valence-electron chi connectivity index (χ1n) is 6.46. The maximum atomic E-state index is 11.5. The largest absolute Gasteiger partial charge is 0.396 e. The fraction of sp³-hybridized carbons (Fsp3) is 0.692. The molecule has 0 atom stereocenters. The lowest BCUT2D eigenvalue weighted by atomic mass is 10.1. The van der Waals surface area contributed by atoms with Crippen LogP contribution in [0, 0.1) is 0 Å². The molecule has 1 aliphatic carbocycles. The van der Waals surface area contributed by atoms with Crippen molar-refractivity contribution < 1.29 is 9.90 Å². The van der Waals surface area contributed by atoms with E-state index in [1.54, 1.807) is 0 Å². The number of aromatic nitrogens is 2. The van der Waals surface area contributed by atoms with Crippen molar-refractivity contribution in [2.75, 3.05) is 6.61 Å². The van der Waals surface area contributed by atoms with Crippen LogP contribution in [0.5, 0.6) is 0 Å². The second-order valence-electron chi connectivity index (χ2n) is 4.77. The summed E-state index contributed by atoms with van der Waals surface area (Å²) >= 11 is 0. The number of nitrogens with zero attached hydrogens (tertiary/aromatic N) is 2. The molecule has 0 aromatic carbocycles. The summed E-state index contributed by atoms with van der Waals surface area (Å²) in [6, 6.07) is 2.48. The Labute approximate surface area is 102 Å². The molecule has 1 N–H and O–H groups in total. The molecule has 4 nitrogen and oxygen atoms in total. The maximum absolute atomic E-state index is 11.5. The van der Waals surface area contributed by atoms with Gasteiger partial charge in [-0.2, -0.15) is 5.10 Å². The van der Waals surface area contributed by atoms with Gasteiger partial charge >= 0.3 is 0 Å². The molecule has 0 unspecified atom stereocenters. The summed E-state index contributed by atoms with van der Waals surface area (Å²) in [6.45, 7) is 0.0856. The number of aliphatic hydroxyl groups excluding tert-OH is 1. The third-order valence-corrected chi connectivity index (χ3v) is 3.35. The fourth-order valence-electron chi connectivity index (χ4n) is 2.41. The Morgan fingerprint density at radius 2 is 2.24 bits per heavy atom. The molecule has 1 fully saturated rings. The number of carbonyl (C=O) groups excluding carboxylic acids is 1. The zero-order valence-electron chi connectivity index (χ0n) is 10.1. The minimum Gasteiger partial charge on any atom is -0.396 e. The molecule has 2 rings (SSSR count). The van der Waals surface area contributed by atoms with Gasteiger partial charge in [0.05, 0.1) is 18.2 Å². The summed E-state index contributed by atoms with van der Waals surface area (Å²) in [4.78, 5) is 11.5. The quantitative estimate of drug-likeness (QED) is 0.820. The van der Waals surface area contributed by atoms with Crippen LogP contribution < -0.4 is 0 Å². The Morgan fingerprint density at radius 3 is 2.94 bits per heavy atom. The van der Waals surface area contributed by atoms with E-state index in [4.69, 9.17) is 5.11 Å². The van der Waals surface area contributed by atoms with Crippen LogP contribution in [-0.4, -0.2) is 27.3 Å². The molecule has 0 bridgehead atoms. The number of aliphatic hydroxyl groups is 1. The van der Waals surface area contributed by atoms with E-state index < -0.39 is 0 Å². The lowest BCUT2D eigenvalue weighted by Crippen LogP contribution is -2.08. The summed E-state index contributed by atoms with van der Waals surface area (Å²) < 4.78 is 2.02. The summed E-state index contributed by atoms with van der Waals surface area (Å²) in [5.74, 6) is 0.163. The third-order valence-electron chi connectivity index (χ3n) is 3.35. The van der Waals surface area contributed by atoms with Crippen molar-refractivity contribution in [2.24, 2.45) is 0 Å². The van der Waals surface area contributed by atoms with Crippen LogP contribution in [0.15, 0.2) is 12.3 Å². The topological polar surface area (TPSA) is 55.1 Å². The predicted molar refractivity (Wildman–Crippen MR) is 64.8 cm³/mol. The normalized spacial score (nSPS) is 16.5. The number of carbonyl (C=O) groups is 1. The highest BCUT2D eigenvalue weighted by Crippen LogP contribution is 2.28. The zero-order chi connectivity index (χ0) is 12.1. The molecule has 0 saturated heterocycles. The molecule has 1 aromatic heterocycles. The highest BCUT2D eigenvalue weighted by molar-refractivity contribution is 5.80. The van der Waals surface area contributed by atoms with Crippen molar-refractivity contribution in [1.82, 2.24) is 9.78 Å². The van der Waals surface area contributed by atoms with E-state index in [9.17, 15) is 4.79 Å². The SMILES string of the molecule is O=C(CCCO)Cc1ccn(C2CCCC2)n1. The molecule has 4 heteroatoms. The van der Waals surface area contributed by atoms with Gasteiger partial charge in [-0.05, 0) is 25.3 Å². The predicted octanol–water partition coefficient (Wildman–Crippen LogP) is 1.88. The first kappa shape index (κ1) is 12.3. The molecule has 0 spiro atoms. The summed E-state index contributed by atoms with van der Waals surface area (Å²) in [5.41, 5.74) is 0.861. The van der Waals surface area contributed by atoms with Gasteiger partial charge in [0.1, 0.15) is 5.78 Å². The molecule has 17 heavy (non-hydrogen) atoms. The molecular weight excluding hydrogens is 216 g/mol. The van der Waals surface area contributed by atoms with Gasteiger partial charge in [-0.1, -0.05) is 12.8 Å². The Bertz CT molecular complexity index is 367. The second kappa shape index (κ2) is 5.96. The summed E-state index contributed by atoms with van der Waals surface area (Å²) in [6.07, 6.45) is 8.39. The molecule has 1 aromatic rings.